The molecule has 1 atom stereocenters. The molecule has 0 spiro atoms. The van der Waals surface area contributed by atoms with Crippen molar-refractivity contribution < 1.29 is 14.7 Å². The van der Waals surface area contributed by atoms with Crippen LogP contribution in [0, 0.1) is 0 Å². The normalized spacial score (nSPS) is 15.4. The number of amides is 1. The third-order valence-corrected chi connectivity index (χ3v) is 3.78. The van der Waals surface area contributed by atoms with E-state index >= 15 is 0 Å². The average Bonchev–Trinajstić information content (AvgIpc) is 2.46. The minimum atomic E-state index is -0.929. The molecule has 1 heterocycles. The molecule has 21 heavy (non-hydrogen) atoms. The lowest BCUT2D eigenvalue weighted by molar-refractivity contribution is -0.119. The molecule has 0 saturated heterocycles. The summed E-state index contributed by atoms with van der Waals surface area (Å²) >= 11 is 0. The molecule has 1 aliphatic rings. The van der Waals surface area contributed by atoms with E-state index in [2.05, 4.69) is 5.32 Å². The van der Waals surface area contributed by atoms with Crippen LogP contribution in [0.25, 0.3) is 0 Å². The van der Waals surface area contributed by atoms with Gasteiger partial charge in [0.25, 0.3) is 0 Å². The molecule has 1 aliphatic heterocycles. The van der Waals surface area contributed by atoms with E-state index in [1.165, 1.54) is 0 Å². The Kier molecular flexibility index (Phi) is 4.96. The number of hydrogen-bond donors (Lipinski definition) is 2. The maximum Gasteiger partial charge on any atom is 0.335 e. The van der Waals surface area contributed by atoms with E-state index in [-0.39, 0.29) is 17.5 Å². The molecule has 1 aromatic carbocycles. The molecule has 0 bridgehead atoms. The molecule has 2 N–H and O–H groups in total. The minimum Gasteiger partial charge on any atom is -0.478 e. The summed E-state index contributed by atoms with van der Waals surface area (Å²) in [6, 6.07) is 5.16. The first kappa shape index (κ1) is 15.5. The number of carbonyl (C=O) groups is 2. The van der Waals surface area contributed by atoms with Crippen molar-refractivity contribution in [1.82, 2.24) is 5.32 Å². The molecule has 114 valence electrons. The smallest absolute Gasteiger partial charge is 0.335 e. The molecular formula is C16H22N2O3. The second-order valence-corrected chi connectivity index (χ2v) is 5.46. The zero-order valence-electron chi connectivity index (χ0n) is 12.6. The molecule has 0 saturated carbocycles. The summed E-state index contributed by atoms with van der Waals surface area (Å²) in [4.78, 5) is 25.3. The lowest BCUT2D eigenvalue weighted by Crippen LogP contribution is -2.39. The fraction of sp³-hybridized carbons (Fsp3) is 0.500. The Morgan fingerprint density at radius 3 is 2.86 bits per heavy atom. The second-order valence-electron chi connectivity index (χ2n) is 5.46. The standard InChI is InChI=1S/C16H22N2O3/c1-3-17-11(2)9-15(19)18-8-4-5-12-10-13(16(20)21)6-7-14(12)18/h6-7,10-11,17H,3-5,8-9H2,1-2H3,(H,20,21). The Balaban J connectivity index is 2.18. The van der Waals surface area contributed by atoms with E-state index in [4.69, 9.17) is 5.11 Å². The number of nitrogens with one attached hydrogen (secondary N) is 1. The first-order valence-electron chi connectivity index (χ1n) is 7.43. The van der Waals surface area contributed by atoms with Crippen LogP contribution in [0.4, 0.5) is 5.69 Å². The molecule has 0 aromatic heterocycles. The summed E-state index contributed by atoms with van der Waals surface area (Å²) in [7, 11) is 0. The number of aromatic carboxylic acids is 1. The van der Waals surface area contributed by atoms with Crippen LogP contribution in [0.2, 0.25) is 0 Å². The Bertz CT molecular complexity index is 542. The maximum atomic E-state index is 12.4. The highest BCUT2D eigenvalue weighted by Crippen LogP contribution is 2.28. The number of anilines is 1. The minimum absolute atomic E-state index is 0.0903. The molecule has 1 unspecified atom stereocenters. The van der Waals surface area contributed by atoms with Gasteiger partial charge in [0.05, 0.1) is 5.56 Å². The summed E-state index contributed by atoms with van der Waals surface area (Å²) < 4.78 is 0. The molecule has 2 rings (SSSR count). The van der Waals surface area contributed by atoms with Gasteiger partial charge in [-0.15, -0.1) is 0 Å². The molecule has 1 amide bonds. The molecular weight excluding hydrogens is 268 g/mol. The average molecular weight is 290 g/mol. The highest BCUT2D eigenvalue weighted by Gasteiger charge is 2.24. The number of carboxylic acid groups (broad SMARTS) is 1. The van der Waals surface area contributed by atoms with Gasteiger partial charge in [-0.1, -0.05) is 6.92 Å². The highest BCUT2D eigenvalue weighted by molar-refractivity contribution is 5.96. The number of nitrogens with zero attached hydrogens (tertiary/aromatic N) is 1. The van der Waals surface area contributed by atoms with Crippen LogP contribution in [0.5, 0.6) is 0 Å². The van der Waals surface area contributed by atoms with Crippen LogP contribution in [-0.4, -0.2) is 36.1 Å². The fourth-order valence-electron chi connectivity index (χ4n) is 2.78. The van der Waals surface area contributed by atoms with Gasteiger partial charge in [-0.3, -0.25) is 4.79 Å². The Labute approximate surface area is 125 Å². The van der Waals surface area contributed by atoms with Gasteiger partial charge >= 0.3 is 5.97 Å². The quantitative estimate of drug-likeness (QED) is 0.871. The largest absolute Gasteiger partial charge is 0.478 e. The van der Waals surface area contributed by atoms with Crippen LogP contribution in [0.1, 0.15) is 42.6 Å². The van der Waals surface area contributed by atoms with Gasteiger partial charge in [0.2, 0.25) is 5.91 Å². The Hall–Kier alpha value is -1.88. The van der Waals surface area contributed by atoms with Crippen molar-refractivity contribution in [1.29, 1.82) is 0 Å². The third-order valence-electron chi connectivity index (χ3n) is 3.78. The Morgan fingerprint density at radius 1 is 1.43 bits per heavy atom. The molecule has 0 aliphatic carbocycles. The Morgan fingerprint density at radius 2 is 2.19 bits per heavy atom. The summed E-state index contributed by atoms with van der Waals surface area (Å²) in [6.45, 7) is 5.56. The van der Waals surface area contributed by atoms with Gasteiger partial charge in [-0.05, 0) is 50.1 Å². The van der Waals surface area contributed by atoms with Crippen molar-refractivity contribution in [2.75, 3.05) is 18.0 Å². The molecule has 0 radical (unpaired) electrons. The van der Waals surface area contributed by atoms with Gasteiger partial charge < -0.3 is 15.3 Å². The number of aryl methyl sites for hydroxylation is 1. The first-order valence-corrected chi connectivity index (χ1v) is 7.43. The molecule has 5 heteroatoms. The van der Waals surface area contributed by atoms with Crippen molar-refractivity contribution in [2.24, 2.45) is 0 Å². The first-order chi connectivity index (χ1) is 10.0. The van der Waals surface area contributed by atoms with Crippen molar-refractivity contribution in [3.8, 4) is 0 Å². The predicted molar refractivity (Wildman–Crippen MR) is 81.8 cm³/mol. The van der Waals surface area contributed by atoms with Crippen molar-refractivity contribution >= 4 is 17.6 Å². The van der Waals surface area contributed by atoms with Gasteiger partial charge in [0.15, 0.2) is 0 Å². The van der Waals surface area contributed by atoms with Crippen LogP contribution in [0.3, 0.4) is 0 Å². The van der Waals surface area contributed by atoms with E-state index < -0.39 is 5.97 Å². The number of hydrogen-bond acceptors (Lipinski definition) is 3. The highest BCUT2D eigenvalue weighted by atomic mass is 16.4. The van der Waals surface area contributed by atoms with Crippen LogP contribution in [0.15, 0.2) is 18.2 Å². The van der Waals surface area contributed by atoms with Gasteiger partial charge in [-0.2, -0.15) is 0 Å². The molecule has 1 aromatic rings. The van der Waals surface area contributed by atoms with E-state index in [1.54, 1.807) is 23.1 Å². The zero-order valence-corrected chi connectivity index (χ0v) is 12.6. The number of fused-ring (bicyclic) bond motifs is 1. The summed E-state index contributed by atoms with van der Waals surface area (Å²) in [5, 5.41) is 12.3. The third kappa shape index (κ3) is 3.61. The summed E-state index contributed by atoms with van der Waals surface area (Å²) in [5.41, 5.74) is 2.09. The van der Waals surface area contributed by atoms with Crippen LogP contribution in [-0.2, 0) is 11.2 Å². The van der Waals surface area contributed by atoms with E-state index in [9.17, 15) is 9.59 Å². The summed E-state index contributed by atoms with van der Waals surface area (Å²) in [5.74, 6) is -0.838. The van der Waals surface area contributed by atoms with E-state index in [0.29, 0.717) is 13.0 Å². The summed E-state index contributed by atoms with van der Waals surface area (Å²) in [6.07, 6.45) is 2.15. The number of benzene rings is 1. The lowest BCUT2D eigenvalue weighted by atomic mass is 9.98. The molecule has 0 fully saturated rings. The maximum absolute atomic E-state index is 12.4. The van der Waals surface area contributed by atoms with Gasteiger partial charge in [0, 0.05) is 24.7 Å². The van der Waals surface area contributed by atoms with Crippen molar-refractivity contribution in [3.63, 3.8) is 0 Å². The van der Waals surface area contributed by atoms with Crippen molar-refractivity contribution in [2.45, 2.75) is 39.2 Å². The van der Waals surface area contributed by atoms with Crippen LogP contribution < -0.4 is 10.2 Å². The van der Waals surface area contributed by atoms with Gasteiger partial charge in [-0.25, -0.2) is 4.79 Å². The SMILES string of the molecule is CCNC(C)CC(=O)N1CCCc2cc(C(=O)O)ccc21. The zero-order chi connectivity index (χ0) is 15.4. The van der Waals surface area contributed by atoms with Gasteiger partial charge in [0.1, 0.15) is 0 Å². The van der Waals surface area contributed by atoms with E-state index in [1.807, 2.05) is 13.8 Å². The predicted octanol–water partition coefficient (Wildman–Crippen LogP) is 2.05. The monoisotopic (exact) mass is 290 g/mol. The van der Waals surface area contributed by atoms with Crippen LogP contribution >= 0.6 is 0 Å². The molecule has 5 nitrogen and oxygen atoms in total. The number of carbonyl (C=O) groups excluding carboxylic acids is 1. The lowest BCUT2D eigenvalue weighted by Gasteiger charge is -2.30. The topological polar surface area (TPSA) is 69.6 Å². The second kappa shape index (κ2) is 6.72. The van der Waals surface area contributed by atoms with Crippen molar-refractivity contribution in [3.05, 3.63) is 29.3 Å². The number of rotatable bonds is 5. The number of carboxylic acids is 1. The van der Waals surface area contributed by atoms with E-state index in [0.717, 1.165) is 30.6 Å². The fourth-order valence-corrected chi connectivity index (χ4v) is 2.78.